The van der Waals surface area contributed by atoms with E-state index in [4.69, 9.17) is 28.6 Å². The molecule has 1 saturated carbocycles. The van der Waals surface area contributed by atoms with E-state index in [1.54, 1.807) is 33.5 Å². The molecule has 46 heavy (non-hydrogen) atoms. The van der Waals surface area contributed by atoms with E-state index in [9.17, 15) is 8.42 Å². The molecular weight excluding hydrogens is 606 g/mol. The quantitative estimate of drug-likeness (QED) is 0.185. The van der Waals surface area contributed by atoms with Crippen molar-refractivity contribution < 1.29 is 31.9 Å². The maximum absolute atomic E-state index is 10.5. The predicted octanol–water partition coefficient (Wildman–Crippen LogP) is 6.36. The number of rotatable bonds is 11. The second-order valence-electron chi connectivity index (χ2n) is 11.9. The monoisotopic (exact) mass is 651 g/mol. The molecule has 0 atom stereocenters. The Morgan fingerprint density at radius 2 is 1.63 bits per heavy atom. The van der Waals surface area contributed by atoms with Crippen molar-refractivity contribution in [1.82, 2.24) is 9.61 Å². The van der Waals surface area contributed by atoms with Crippen LogP contribution < -0.4 is 14.4 Å². The Hall–Kier alpha value is -3.64. The first kappa shape index (κ1) is 33.7. The van der Waals surface area contributed by atoms with Crippen molar-refractivity contribution >= 4 is 21.3 Å². The normalized spacial score (nSPS) is 15.3. The van der Waals surface area contributed by atoms with E-state index in [2.05, 4.69) is 34.5 Å². The summed E-state index contributed by atoms with van der Waals surface area (Å²) in [4.78, 5) is 2.59. The highest BCUT2D eigenvalue weighted by atomic mass is 32.2. The van der Waals surface area contributed by atoms with Crippen molar-refractivity contribution in [2.24, 2.45) is 5.92 Å². The van der Waals surface area contributed by atoms with Crippen molar-refractivity contribution in [3.63, 3.8) is 0 Å². The maximum atomic E-state index is 10.5. The van der Waals surface area contributed by atoms with Crippen molar-refractivity contribution in [2.45, 2.75) is 63.5 Å². The Labute approximate surface area is 272 Å². The van der Waals surface area contributed by atoms with Crippen molar-refractivity contribution in [1.29, 1.82) is 0 Å². The Morgan fingerprint density at radius 3 is 2.17 bits per heavy atom. The zero-order chi connectivity index (χ0) is 32.8. The van der Waals surface area contributed by atoms with Gasteiger partial charge in [-0.15, -0.1) is 0 Å². The Bertz CT molecular complexity index is 1700. The first-order valence-electron chi connectivity index (χ1n) is 15.8. The van der Waals surface area contributed by atoms with Crippen LogP contribution in [0.4, 0.5) is 5.69 Å². The summed E-state index contributed by atoms with van der Waals surface area (Å²) >= 11 is 0. The lowest BCUT2D eigenvalue weighted by Gasteiger charge is -2.36. The molecule has 11 heteroatoms. The molecule has 0 amide bonds. The first-order chi connectivity index (χ1) is 22.2. The average molecular weight is 652 g/mol. The van der Waals surface area contributed by atoms with Crippen LogP contribution in [0, 0.1) is 12.8 Å². The zero-order valence-electron chi connectivity index (χ0n) is 27.4. The van der Waals surface area contributed by atoms with E-state index >= 15 is 0 Å². The largest absolute Gasteiger partial charge is 0.496 e. The van der Waals surface area contributed by atoms with Crippen LogP contribution in [0.15, 0.2) is 59.5 Å². The fourth-order valence-electron chi connectivity index (χ4n) is 6.02. The predicted molar refractivity (Wildman–Crippen MR) is 179 cm³/mol. The SMILES string of the molecule is CCc1nn2c(-c3c(OC)cc(COC)cc3OC)cccc2c1N(CC1CC1)C1CCOCC1.Cc1ccc(S(=O)(=O)O)cc1. The third kappa shape index (κ3) is 7.66. The summed E-state index contributed by atoms with van der Waals surface area (Å²) in [6.07, 6.45) is 5.66. The van der Waals surface area contributed by atoms with E-state index in [0.717, 1.165) is 90.0 Å². The number of anilines is 1. The Kier molecular flexibility index (Phi) is 10.9. The summed E-state index contributed by atoms with van der Waals surface area (Å²) in [5.41, 5.74) is 7.37. The fraction of sp³-hybridized carbons (Fsp3) is 0.457. The van der Waals surface area contributed by atoms with E-state index in [1.807, 2.05) is 19.1 Å². The molecule has 2 fully saturated rings. The summed E-state index contributed by atoms with van der Waals surface area (Å²) < 4.78 is 54.4. The molecule has 1 aliphatic heterocycles. The molecule has 0 bridgehead atoms. The molecule has 1 saturated heterocycles. The summed E-state index contributed by atoms with van der Waals surface area (Å²) in [6.45, 7) is 7.30. The number of aryl methyl sites for hydroxylation is 2. The third-order valence-corrected chi connectivity index (χ3v) is 9.43. The van der Waals surface area contributed by atoms with Gasteiger partial charge in [0.15, 0.2) is 0 Å². The molecular formula is C35H45N3O7S. The molecule has 0 spiro atoms. The highest BCUT2D eigenvalue weighted by Crippen LogP contribution is 2.42. The van der Waals surface area contributed by atoms with Gasteiger partial charge in [0.2, 0.25) is 0 Å². The van der Waals surface area contributed by atoms with Gasteiger partial charge in [-0.25, -0.2) is 4.52 Å². The molecule has 2 aromatic carbocycles. The van der Waals surface area contributed by atoms with Crippen molar-refractivity contribution in [2.75, 3.05) is 46.0 Å². The zero-order valence-corrected chi connectivity index (χ0v) is 28.2. The lowest BCUT2D eigenvalue weighted by atomic mass is 10.0. The van der Waals surface area contributed by atoms with Crippen LogP contribution >= 0.6 is 0 Å². The van der Waals surface area contributed by atoms with Crippen LogP contribution in [0.5, 0.6) is 11.5 Å². The third-order valence-electron chi connectivity index (χ3n) is 8.56. The summed E-state index contributed by atoms with van der Waals surface area (Å²) in [5.74, 6) is 2.28. The van der Waals surface area contributed by atoms with Crippen LogP contribution in [0.2, 0.25) is 0 Å². The first-order valence-corrected chi connectivity index (χ1v) is 17.3. The highest BCUT2D eigenvalue weighted by molar-refractivity contribution is 7.85. The Morgan fingerprint density at radius 1 is 0.978 bits per heavy atom. The van der Waals surface area contributed by atoms with Crippen LogP contribution in [-0.4, -0.2) is 69.7 Å². The van der Waals surface area contributed by atoms with Crippen molar-refractivity contribution in [3.05, 3.63) is 71.4 Å². The second-order valence-corrected chi connectivity index (χ2v) is 13.3. The van der Waals surface area contributed by atoms with Gasteiger partial charge in [-0.2, -0.15) is 13.5 Å². The van der Waals surface area contributed by atoms with Gasteiger partial charge in [0.25, 0.3) is 10.1 Å². The number of ether oxygens (including phenoxy) is 4. The van der Waals surface area contributed by atoms with Gasteiger partial charge >= 0.3 is 0 Å². The number of hydrogen-bond acceptors (Lipinski definition) is 8. The average Bonchev–Trinajstić information content (AvgIpc) is 3.81. The van der Waals surface area contributed by atoms with Gasteiger partial charge in [-0.3, -0.25) is 4.55 Å². The molecule has 6 rings (SSSR count). The minimum absolute atomic E-state index is 0.0666. The molecule has 10 nitrogen and oxygen atoms in total. The number of fused-ring (bicyclic) bond motifs is 1. The van der Waals surface area contributed by atoms with Crippen LogP contribution in [0.25, 0.3) is 16.8 Å². The number of methoxy groups -OCH3 is 3. The van der Waals surface area contributed by atoms with E-state index in [-0.39, 0.29) is 4.90 Å². The van der Waals surface area contributed by atoms with Gasteiger partial charge < -0.3 is 23.8 Å². The van der Waals surface area contributed by atoms with E-state index in [0.29, 0.717) is 12.6 Å². The minimum atomic E-state index is -4.02. The molecule has 248 valence electrons. The van der Waals surface area contributed by atoms with Crippen LogP contribution in [0.1, 0.15) is 49.4 Å². The van der Waals surface area contributed by atoms with Gasteiger partial charge in [-0.05, 0) is 86.9 Å². The van der Waals surface area contributed by atoms with Crippen LogP contribution in [-0.2, 0) is 32.6 Å². The topological polar surface area (TPSA) is 112 Å². The standard InChI is InChI=1S/C28H37N3O4.C7H8O3S/c1-5-22-28(30(17-19-9-10-19)21-11-13-35-14-12-21)24-8-6-7-23(31(24)29-22)27-25(33-3)15-20(18-32-2)16-26(27)34-4;1-6-2-4-7(5-3-6)11(8,9)10/h6-8,15-16,19,21H,5,9-14,17-18H2,1-4H3;2-5H,1H3,(H,8,9,10). The molecule has 0 radical (unpaired) electrons. The second kappa shape index (κ2) is 14.8. The van der Waals surface area contributed by atoms with Crippen LogP contribution in [0.3, 0.4) is 0 Å². The van der Waals surface area contributed by atoms with Crippen molar-refractivity contribution in [3.8, 4) is 22.8 Å². The van der Waals surface area contributed by atoms with Gasteiger partial charge in [0, 0.05) is 32.9 Å². The number of pyridine rings is 1. The molecule has 4 aromatic rings. The molecule has 2 aliphatic rings. The number of benzene rings is 2. The molecule has 1 N–H and O–H groups in total. The smallest absolute Gasteiger partial charge is 0.294 e. The lowest BCUT2D eigenvalue weighted by molar-refractivity contribution is 0.0842. The Balaban J connectivity index is 0.000000322. The maximum Gasteiger partial charge on any atom is 0.294 e. The molecule has 1 aliphatic carbocycles. The van der Waals surface area contributed by atoms with Gasteiger partial charge in [-0.1, -0.05) is 30.7 Å². The van der Waals surface area contributed by atoms with E-state index in [1.165, 1.54) is 30.7 Å². The summed E-state index contributed by atoms with van der Waals surface area (Å²) in [5, 5.41) is 5.17. The van der Waals surface area contributed by atoms with Gasteiger partial charge in [0.1, 0.15) is 11.5 Å². The molecule has 0 unspecified atom stereocenters. The van der Waals surface area contributed by atoms with E-state index < -0.39 is 10.1 Å². The highest BCUT2D eigenvalue weighted by Gasteiger charge is 2.33. The van der Waals surface area contributed by atoms with Gasteiger partial charge in [0.05, 0.1) is 53.9 Å². The number of aromatic nitrogens is 2. The number of nitrogens with zero attached hydrogens (tertiary/aromatic N) is 3. The lowest BCUT2D eigenvalue weighted by Crippen LogP contribution is -2.41. The summed E-state index contributed by atoms with van der Waals surface area (Å²) in [7, 11) is 1.07. The fourth-order valence-corrected chi connectivity index (χ4v) is 6.50. The summed E-state index contributed by atoms with van der Waals surface area (Å²) in [6, 6.07) is 16.9. The molecule has 2 aromatic heterocycles. The molecule has 3 heterocycles. The minimum Gasteiger partial charge on any atom is -0.496 e. The number of hydrogen-bond donors (Lipinski definition) is 1.